The van der Waals surface area contributed by atoms with E-state index >= 15 is 0 Å². The molecule has 0 radical (unpaired) electrons. The number of anilines is 1. The maximum Gasteiger partial charge on any atom is 0.239 e. The van der Waals surface area contributed by atoms with Gasteiger partial charge in [0, 0.05) is 0 Å². The minimum atomic E-state index is -0.630. The average Bonchev–Trinajstić information content (AvgIpc) is 2.14. The van der Waals surface area contributed by atoms with E-state index in [0.717, 1.165) is 0 Å². The van der Waals surface area contributed by atoms with Crippen molar-refractivity contribution in [3.8, 4) is 0 Å². The predicted octanol–water partition coefficient (Wildman–Crippen LogP) is -0.560. The van der Waals surface area contributed by atoms with Gasteiger partial charge in [-0.2, -0.15) is 4.98 Å². The van der Waals surface area contributed by atoms with Crippen LogP contribution in [0.1, 0.15) is 18.9 Å². The molecule has 5 nitrogen and oxygen atoms in total. The van der Waals surface area contributed by atoms with E-state index in [-0.39, 0.29) is 5.95 Å². The molecule has 0 amide bonds. The van der Waals surface area contributed by atoms with Crippen molar-refractivity contribution in [1.82, 2.24) is 15.2 Å². The van der Waals surface area contributed by atoms with Crippen LogP contribution in [0.5, 0.6) is 0 Å². The lowest BCUT2D eigenvalue weighted by atomic mass is 10.4. The molecule has 1 aromatic heterocycles. The van der Waals surface area contributed by atoms with E-state index < -0.39 is 6.10 Å². The predicted molar refractivity (Wildman–Crippen MR) is 31.4 cm³/mol. The molecule has 50 valence electrons. The van der Waals surface area contributed by atoms with Crippen molar-refractivity contribution in [2.24, 2.45) is 0 Å². The van der Waals surface area contributed by atoms with Gasteiger partial charge in [0.2, 0.25) is 5.95 Å². The van der Waals surface area contributed by atoms with Gasteiger partial charge in [0.1, 0.15) is 6.10 Å². The Kier molecular flexibility index (Phi) is 1.35. The number of nitrogens with two attached hydrogens (primary N) is 1. The fourth-order valence-corrected chi connectivity index (χ4v) is 0.475. The first kappa shape index (κ1) is 6.03. The van der Waals surface area contributed by atoms with Gasteiger partial charge in [-0.05, 0) is 6.92 Å². The second-order valence-corrected chi connectivity index (χ2v) is 1.75. The molecule has 0 bridgehead atoms. The van der Waals surface area contributed by atoms with Crippen molar-refractivity contribution in [3.05, 3.63) is 5.82 Å². The molecule has 0 aromatic carbocycles. The second-order valence-electron chi connectivity index (χ2n) is 1.75. The summed E-state index contributed by atoms with van der Waals surface area (Å²) in [5, 5.41) is 14.8. The summed E-state index contributed by atoms with van der Waals surface area (Å²) in [5.41, 5.74) is 5.15. The van der Waals surface area contributed by atoms with Gasteiger partial charge in [0.15, 0.2) is 5.82 Å². The molecule has 4 N–H and O–H groups in total. The highest BCUT2D eigenvalue weighted by molar-refractivity contribution is 5.13. The van der Waals surface area contributed by atoms with E-state index in [1.54, 1.807) is 6.92 Å². The first-order chi connectivity index (χ1) is 4.20. The Morgan fingerprint density at radius 1 is 1.78 bits per heavy atom. The zero-order valence-corrected chi connectivity index (χ0v) is 5.00. The molecule has 0 saturated heterocycles. The molecular weight excluding hydrogens is 120 g/mol. The summed E-state index contributed by atoms with van der Waals surface area (Å²) in [7, 11) is 0. The second kappa shape index (κ2) is 2.02. The zero-order chi connectivity index (χ0) is 6.85. The number of H-pyrrole nitrogens is 1. The van der Waals surface area contributed by atoms with E-state index in [2.05, 4.69) is 15.2 Å². The number of aromatic nitrogens is 3. The number of rotatable bonds is 1. The minimum Gasteiger partial charge on any atom is -0.385 e. The van der Waals surface area contributed by atoms with E-state index in [0.29, 0.717) is 5.82 Å². The van der Waals surface area contributed by atoms with Gasteiger partial charge in [-0.25, -0.2) is 0 Å². The normalized spacial score (nSPS) is 13.6. The molecule has 1 heterocycles. The number of nitrogens with one attached hydrogen (secondary N) is 1. The van der Waals surface area contributed by atoms with Gasteiger partial charge in [0.05, 0.1) is 0 Å². The average molecular weight is 128 g/mol. The van der Waals surface area contributed by atoms with Crippen LogP contribution < -0.4 is 5.73 Å². The lowest BCUT2D eigenvalue weighted by Crippen LogP contribution is -1.93. The maximum atomic E-state index is 8.85. The lowest BCUT2D eigenvalue weighted by Gasteiger charge is -1.93. The largest absolute Gasteiger partial charge is 0.385 e. The van der Waals surface area contributed by atoms with Crippen LogP contribution in [0.4, 0.5) is 5.95 Å². The van der Waals surface area contributed by atoms with E-state index in [1.165, 1.54) is 0 Å². The smallest absolute Gasteiger partial charge is 0.239 e. The summed E-state index contributed by atoms with van der Waals surface area (Å²) in [6, 6.07) is 0. The molecule has 0 saturated carbocycles. The third-order valence-corrected chi connectivity index (χ3v) is 0.916. The van der Waals surface area contributed by atoms with E-state index in [9.17, 15) is 0 Å². The van der Waals surface area contributed by atoms with Gasteiger partial charge in [-0.3, -0.25) is 5.10 Å². The third kappa shape index (κ3) is 1.17. The van der Waals surface area contributed by atoms with Crippen molar-refractivity contribution >= 4 is 5.95 Å². The van der Waals surface area contributed by atoms with Crippen LogP contribution in [-0.2, 0) is 0 Å². The fraction of sp³-hybridized carbons (Fsp3) is 0.500. The Morgan fingerprint density at radius 3 is 2.67 bits per heavy atom. The van der Waals surface area contributed by atoms with Gasteiger partial charge < -0.3 is 10.8 Å². The van der Waals surface area contributed by atoms with Crippen LogP contribution in [0.25, 0.3) is 0 Å². The summed E-state index contributed by atoms with van der Waals surface area (Å²) in [4.78, 5) is 3.67. The summed E-state index contributed by atoms with van der Waals surface area (Å²) in [5.74, 6) is 0.554. The molecule has 0 aliphatic rings. The first-order valence-corrected chi connectivity index (χ1v) is 2.56. The lowest BCUT2D eigenvalue weighted by molar-refractivity contribution is 0.189. The number of nitrogens with zero attached hydrogens (tertiary/aromatic N) is 2. The third-order valence-electron chi connectivity index (χ3n) is 0.916. The molecule has 9 heavy (non-hydrogen) atoms. The summed E-state index contributed by atoms with van der Waals surface area (Å²) in [6.07, 6.45) is -0.630. The number of aliphatic hydroxyl groups is 1. The monoisotopic (exact) mass is 128 g/mol. The Balaban J connectivity index is 2.85. The Hall–Kier alpha value is -1.10. The number of nitrogen functional groups attached to an aromatic ring is 1. The Labute approximate surface area is 51.9 Å². The fourth-order valence-electron chi connectivity index (χ4n) is 0.475. The topological polar surface area (TPSA) is 87.8 Å². The van der Waals surface area contributed by atoms with Crippen molar-refractivity contribution in [2.75, 3.05) is 5.73 Å². The van der Waals surface area contributed by atoms with Crippen LogP contribution in [0.15, 0.2) is 0 Å². The maximum absolute atomic E-state index is 8.85. The summed E-state index contributed by atoms with van der Waals surface area (Å²) in [6.45, 7) is 1.58. The van der Waals surface area contributed by atoms with E-state index in [4.69, 9.17) is 10.8 Å². The molecule has 5 heteroatoms. The number of aliphatic hydroxyl groups excluding tert-OH is 1. The van der Waals surface area contributed by atoms with Crippen molar-refractivity contribution in [1.29, 1.82) is 0 Å². The summed E-state index contributed by atoms with van der Waals surface area (Å²) >= 11 is 0. The summed E-state index contributed by atoms with van der Waals surface area (Å²) < 4.78 is 0. The zero-order valence-electron chi connectivity index (χ0n) is 5.00. The Bertz CT molecular complexity index is 194. The van der Waals surface area contributed by atoms with Crippen LogP contribution >= 0.6 is 0 Å². The van der Waals surface area contributed by atoms with E-state index in [1.807, 2.05) is 0 Å². The van der Waals surface area contributed by atoms with Gasteiger partial charge in [-0.15, -0.1) is 5.10 Å². The number of hydrogen-bond acceptors (Lipinski definition) is 4. The molecule has 0 aliphatic heterocycles. The molecule has 1 rings (SSSR count). The molecule has 0 unspecified atom stereocenters. The highest BCUT2D eigenvalue weighted by Gasteiger charge is 2.03. The van der Waals surface area contributed by atoms with Crippen LogP contribution in [0.3, 0.4) is 0 Å². The molecular formula is C4H8N4O. The number of hydrogen-bond donors (Lipinski definition) is 3. The Morgan fingerprint density at radius 2 is 2.44 bits per heavy atom. The van der Waals surface area contributed by atoms with Crippen LogP contribution in [-0.4, -0.2) is 20.3 Å². The van der Waals surface area contributed by atoms with Gasteiger partial charge in [0.25, 0.3) is 0 Å². The first-order valence-electron chi connectivity index (χ1n) is 2.56. The molecule has 1 atom stereocenters. The minimum absolute atomic E-state index is 0.158. The molecule has 1 aromatic rings. The van der Waals surface area contributed by atoms with Crippen molar-refractivity contribution < 1.29 is 5.11 Å². The van der Waals surface area contributed by atoms with Crippen LogP contribution in [0.2, 0.25) is 0 Å². The van der Waals surface area contributed by atoms with Gasteiger partial charge in [-0.1, -0.05) is 0 Å². The standard InChI is InChI=1S/C4H8N4O/c1-2(9)3-6-4(5)8-7-3/h2,9H,1H3,(H3,5,6,7,8)/t2-/m1/s1. The van der Waals surface area contributed by atoms with Gasteiger partial charge >= 0.3 is 0 Å². The van der Waals surface area contributed by atoms with Crippen molar-refractivity contribution in [2.45, 2.75) is 13.0 Å². The molecule has 0 aliphatic carbocycles. The highest BCUT2D eigenvalue weighted by atomic mass is 16.3. The molecule has 0 fully saturated rings. The SMILES string of the molecule is C[C@@H](O)c1nc(N)n[nH]1. The van der Waals surface area contributed by atoms with Crippen LogP contribution in [0, 0.1) is 0 Å². The quantitative estimate of drug-likeness (QED) is 0.473. The number of aromatic amines is 1. The molecule has 0 spiro atoms. The highest BCUT2D eigenvalue weighted by Crippen LogP contribution is 2.04. The van der Waals surface area contributed by atoms with Crippen molar-refractivity contribution in [3.63, 3.8) is 0 Å².